The fourth-order valence-electron chi connectivity index (χ4n) is 5.67. The van der Waals surface area contributed by atoms with Gasteiger partial charge in [0, 0.05) is 46.6 Å². The third-order valence-electron chi connectivity index (χ3n) is 8.81. The summed E-state index contributed by atoms with van der Waals surface area (Å²) in [7, 11) is 0. The van der Waals surface area contributed by atoms with Crippen molar-refractivity contribution < 1.29 is 19.7 Å². The van der Waals surface area contributed by atoms with E-state index in [1.165, 1.54) is 0 Å². The maximum atomic E-state index is 9.09. The van der Waals surface area contributed by atoms with Crippen molar-refractivity contribution in [3.63, 3.8) is 0 Å². The topological polar surface area (TPSA) is 58.9 Å². The Balaban J connectivity index is 0.964. The highest BCUT2D eigenvalue weighted by Crippen LogP contribution is 2.22. The number of aryl methyl sites for hydroxylation is 2. The molecule has 6 rings (SSSR count). The Bertz CT molecular complexity index is 2190. The minimum Gasteiger partial charge on any atom is -0.489 e. The summed E-state index contributed by atoms with van der Waals surface area (Å²) in [6.45, 7) is 5.28. The van der Waals surface area contributed by atoms with E-state index in [0.29, 0.717) is 26.1 Å². The monoisotopic (exact) mass is 706 g/mol. The van der Waals surface area contributed by atoms with E-state index in [0.717, 1.165) is 78.3 Å². The summed E-state index contributed by atoms with van der Waals surface area (Å²) in [5.41, 5.74) is 12.0. The van der Waals surface area contributed by atoms with Crippen LogP contribution in [0.5, 0.6) is 11.5 Å². The van der Waals surface area contributed by atoms with E-state index in [1.807, 2.05) is 147 Å². The van der Waals surface area contributed by atoms with Crippen LogP contribution in [0.4, 0.5) is 0 Å². The number of aliphatic hydroxyl groups is 2. The van der Waals surface area contributed by atoms with Crippen LogP contribution in [0.2, 0.25) is 0 Å². The number of hydrogen-bond donors (Lipinski definition) is 2. The van der Waals surface area contributed by atoms with Crippen LogP contribution in [0.1, 0.15) is 66.8 Å². The van der Waals surface area contributed by atoms with Crippen molar-refractivity contribution in [1.29, 1.82) is 0 Å². The third kappa shape index (κ3) is 11.0. The number of ether oxygens (including phenoxy) is 2. The standard InChI is InChI=1S/C50H42O4/c1-37-33-45(19-13-39-5-9-43(10-6-39)29-31-51)25-27-49(37)53-35-47-21-15-41(16-22-47)3-4-42-17-23-48(24-18-42)36-54-50-28-26-46(34-38(50)2)20-14-40-7-11-44(12-8-40)30-32-52/h5-12,15-18,21-28,33-34,51-52H,29-32,35-36H2,1-2H3. The molecule has 0 aromatic heterocycles. The molecular formula is C50H42O4. The molecule has 0 spiro atoms. The van der Waals surface area contributed by atoms with Crippen LogP contribution in [0.15, 0.2) is 133 Å². The molecule has 6 aromatic carbocycles. The Kier molecular flexibility index (Phi) is 13.0. The summed E-state index contributed by atoms with van der Waals surface area (Å²) >= 11 is 0. The van der Waals surface area contributed by atoms with E-state index in [-0.39, 0.29) is 13.2 Å². The van der Waals surface area contributed by atoms with Crippen molar-refractivity contribution >= 4 is 0 Å². The number of hydrogen-bond acceptors (Lipinski definition) is 4. The maximum absolute atomic E-state index is 9.09. The van der Waals surface area contributed by atoms with Crippen LogP contribution in [0.3, 0.4) is 0 Å². The van der Waals surface area contributed by atoms with Crippen molar-refractivity contribution in [2.75, 3.05) is 13.2 Å². The summed E-state index contributed by atoms with van der Waals surface area (Å²) in [5.74, 6) is 21.1. The summed E-state index contributed by atoms with van der Waals surface area (Å²) in [5, 5.41) is 18.2. The van der Waals surface area contributed by atoms with Gasteiger partial charge in [-0.05, 0) is 145 Å². The van der Waals surface area contributed by atoms with Gasteiger partial charge in [-0.1, -0.05) is 84.1 Å². The molecule has 0 atom stereocenters. The van der Waals surface area contributed by atoms with Gasteiger partial charge < -0.3 is 19.7 Å². The zero-order valence-electron chi connectivity index (χ0n) is 30.7. The Labute approximate surface area is 319 Å². The highest BCUT2D eigenvalue weighted by molar-refractivity contribution is 5.49. The molecule has 2 N–H and O–H groups in total. The van der Waals surface area contributed by atoms with E-state index in [4.69, 9.17) is 19.7 Å². The van der Waals surface area contributed by atoms with E-state index < -0.39 is 0 Å². The van der Waals surface area contributed by atoms with Gasteiger partial charge in [0.1, 0.15) is 24.7 Å². The minimum atomic E-state index is 0.148. The second-order valence-electron chi connectivity index (χ2n) is 13.0. The van der Waals surface area contributed by atoms with Gasteiger partial charge in [0.2, 0.25) is 0 Å². The Morgan fingerprint density at radius 3 is 0.944 bits per heavy atom. The highest BCUT2D eigenvalue weighted by Gasteiger charge is 2.04. The van der Waals surface area contributed by atoms with Gasteiger partial charge in [-0.2, -0.15) is 0 Å². The van der Waals surface area contributed by atoms with E-state index in [1.54, 1.807) is 0 Å². The number of aliphatic hydroxyl groups excluding tert-OH is 2. The van der Waals surface area contributed by atoms with Gasteiger partial charge in [-0.25, -0.2) is 0 Å². The van der Waals surface area contributed by atoms with Crippen molar-refractivity contribution in [2.45, 2.75) is 39.9 Å². The molecule has 0 unspecified atom stereocenters. The molecule has 0 saturated heterocycles. The Morgan fingerprint density at radius 2 is 0.648 bits per heavy atom. The first-order valence-corrected chi connectivity index (χ1v) is 18.0. The molecule has 6 aromatic rings. The van der Waals surface area contributed by atoms with Crippen LogP contribution >= 0.6 is 0 Å². The van der Waals surface area contributed by atoms with Gasteiger partial charge in [0.05, 0.1) is 0 Å². The van der Waals surface area contributed by atoms with E-state index in [9.17, 15) is 0 Å². The van der Waals surface area contributed by atoms with Crippen LogP contribution in [-0.2, 0) is 26.1 Å². The zero-order chi connectivity index (χ0) is 37.5. The van der Waals surface area contributed by atoms with Gasteiger partial charge in [0.15, 0.2) is 0 Å². The van der Waals surface area contributed by atoms with Crippen molar-refractivity contribution in [3.05, 3.63) is 200 Å². The summed E-state index contributed by atoms with van der Waals surface area (Å²) in [6.07, 6.45) is 1.31. The molecule has 54 heavy (non-hydrogen) atoms. The van der Waals surface area contributed by atoms with Crippen LogP contribution in [-0.4, -0.2) is 23.4 Å². The lowest BCUT2D eigenvalue weighted by atomic mass is 10.1. The van der Waals surface area contributed by atoms with Gasteiger partial charge in [-0.15, -0.1) is 0 Å². The fraction of sp³-hybridized carbons (Fsp3) is 0.160. The predicted octanol–water partition coefficient (Wildman–Crippen LogP) is 8.73. The lowest BCUT2D eigenvalue weighted by Crippen LogP contribution is -1.97. The summed E-state index contributed by atoms with van der Waals surface area (Å²) in [4.78, 5) is 0. The van der Waals surface area contributed by atoms with Crippen LogP contribution in [0, 0.1) is 49.4 Å². The average Bonchev–Trinajstić information content (AvgIpc) is 3.20. The van der Waals surface area contributed by atoms with Crippen LogP contribution < -0.4 is 9.47 Å². The molecule has 0 aliphatic carbocycles. The third-order valence-corrected chi connectivity index (χ3v) is 8.81. The van der Waals surface area contributed by atoms with Gasteiger partial charge >= 0.3 is 0 Å². The SMILES string of the molecule is Cc1cc(C#Cc2ccc(CCO)cc2)ccc1OCc1ccc(C#Cc2ccc(COc3ccc(C#Cc4ccc(CCO)cc4)cc3C)cc2)cc1. The molecule has 0 aliphatic heterocycles. The first-order chi connectivity index (χ1) is 26.4. The molecule has 0 heterocycles. The first-order valence-electron chi connectivity index (χ1n) is 18.0. The molecular weight excluding hydrogens is 665 g/mol. The second kappa shape index (κ2) is 18.8. The quantitative estimate of drug-likeness (QED) is 0.140. The van der Waals surface area contributed by atoms with E-state index in [2.05, 4.69) is 35.5 Å². The highest BCUT2D eigenvalue weighted by atomic mass is 16.5. The van der Waals surface area contributed by atoms with Crippen molar-refractivity contribution in [2.24, 2.45) is 0 Å². The molecule has 4 nitrogen and oxygen atoms in total. The number of rotatable bonds is 10. The Hall–Kier alpha value is -6.48. The van der Waals surface area contributed by atoms with Crippen molar-refractivity contribution in [3.8, 4) is 47.0 Å². The maximum Gasteiger partial charge on any atom is 0.122 e. The molecule has 0 fully saturated rings. The lowest BCUT2D eigenvalue weighted by Gasteiger charge is -2.10. The molecule has 266 valence electrons. The first kappa shape index (κ1) is 37.3. The van der Waals surface area contributed by atoms with E-state index >= 15 is 0 Å². The van der Waals surface area contributed by atoms with Crippen LogP contribution in [0.25, 0.3) is 0 Å². The molecule has 0 radical (unpaired) electrons. The molecule has 0 bridgehead atoms. The molecule has 0 amide bonds. The molecule has 4 heteroatoms. The zero-order valence-corrected chi connectivity index (χ0v) is 30.7. The minimum absolute atomic E-state index is 0.148. The normalized spacial score (nSPS) is 10.2. The lowest BCUT2D eigenvalue weighted by molar-refractivity contribution is 0.299. The van der Waals surface area contributed by atoms with Crippen molar-refractivity contribution in [1.82, 2.24) is 0 Å². The van der Waals surface area contributed by atoms with Gasteiger partial charge in [0.25, 0.3) is 0 Å². The summed E-state index contributed by atoms with van der Waals surface area (Å²) in [6, 6.07) is 44.2. The molecule has 0 aliphatic rings. The number of benzene rings is 6. The molecule has 0 saturated carbocycles. The smallest absolute Gasteiger partial charge is 0.122 e. The largest absolute Gasteiger partial charge is 0.489 e. The predicted molar refractivity (Wildman–Crippen MR) is 216 cm³/mol. The Morgan fingerprint density at radius 1 is 0.370 bits per heavy atom. The summed E-state index contributed by atoms with van der Waals surface area (Å²) < 4.78 is 12.3. The second-order valence-corrected chi connectivity index (χ2v) is 13.0. The van der Waals surface area contributed by atoms with Gasteiger partial charge in [-0.3, -0.25) is 0 Å². The fourth-order valence-corrected chi connectivity index (χ4v) is 5.67. The average molecular weight is 707 g/mol.